The van der Waals surface area contributed by atoms with E-state index < -0.39 is 9.84 Å². The SMILES string of the molecule is C=CCn1c(SCc2nc3cc(Cl)ccc3c(=O)[nH]2)nnc1C1CCS(=O)(=O)C1. The zero-order valence-electron chi connectivity index (χ0n) is 15.3. The summed E-state index contributed by atoms with van der Waals surface area (Å²) in [5.74, 6) is 1.62. The second-order valence-electron chi connectivity index (χ2n) is 6.80. The van der Waals surface area contributed by atoms with Crippen molar-refractivity contribution >= 4 is 44.1 Å². The number of H-pyrrole nitrogens is 1. The van der Waals surface area contributed by atoms with Crippen LogP contribution in [0.3, 0.4) is 0 Å². The molecule has 1 unspecified atom stereocenters. The van der Waals surface area contributed by atoms with E-state index in [-0.39, 0.29) is 23.0 Å². The first-order chi connectivity index (χ1) is 13.9. The van der Waals surface area contributed by atoms with Crippen LogP contribution in [0, 0.1) is 0 Å². The van der Waals surface area contributed by atoms with Gasteiger partial charge in [-0.3, -0.25) is 4.79 Å². The Morgan fingerprint density at radius 3 is 2.93 bits per heavy atom. The predicted octanol–water partition coefficient (Wildman–Crippen LogP) is 2.55. The second-order valence-corrected chi connectivity index (χ2v) is 10.4. The molecule has 1 aliphatic rings. The molecule has 11 heteroatoms. The number of fused-ring (bicyclic) bond motifs is 1. The number of aromatic amines is 1. The fourth-order valence-corrected chi connectivity index (χ4v) is 6.10. The van der Waals surface area contributed by atoms with Crippen LogP contribution in [0.25, 0.3) is 10.9 Å². The maximum Gasteiger partial charge on any atom is 0.258 e. The Morgan fingerprint density at radius 1 is 1.38 bits per heavy atom. The summed E-state index contributed by atoms with van der Waals surface area (Å²) in [6, 6.07) is 4.94. The van der Waals surface area contributed by atoms with Crippen molar-refractivity contribution < 1.29 is 8.42 Å². The molecule has 0 amide bonds. The van der Waals surface area contributed by atoms with E-state index in [9.17, 15) is 13.2 Å². The van der Waals surface area contributed by atoms with E-state index in [0.717, 1.165) is 0 Å². The molecule has 0 bridgehead atoms. The van der Waals surface area contributed by atoms with Crippen molar-refractivity contribution in [2.45, 2.75) is 29.8 Å². The molecule has 0 radical (unpaired) electrons. The number of hydrogen-bond donors (Lipinski definition) is 1. The average molecular weight is 452 g/mol. The zero-order chi connectivity index (χ0) is 20.6. The lowest BCUT2D eigenvalue weighted by Crippen LogP contribution is -2.12. The van der Waals surface area contributed by atoms with E-state index in [1.165, 1.54) is 11.8 Å². The number of rotatable bonds is 6. The predicted molar refractivity (Wildman–Crippen MR) is 113 cm³/mol. The molecule has 29 heavy (non-hydrogen) atoms. The Labute approximate surface area is 176 Å². The molecule has 8 nitrogen and oxygen atoms in total. The Balaban J connectivity index is 1.59. The van der Waals surface area contributed by atoms with Crippen LogP contribution >= 0.6 is 23.4 Å². The Hall–Kier alpha value is -2.17. The van der Waals surface area contributed by atoms with Crippen molar-refractivity contribution in [1.82, 2.24) is 24.7 Å². The van der Waals surface area contributed by atoms with Crippen LogP contribution in [0.15, 0.2) is 40.8 Å². The highest BCUT2D eigenvalue weighted by Gasteiger charge is 2.33. The Bertz CT molecular complexity index is 1250. The van der Waals surface area contributed by atoms with Crippen LogP contribution < -0.4 is 5.56 Å². The number of nitrogens with one attached hydrogen (secondary N) is 1. The van der Waals surface area contributed by atoms with E-state index in [1.807, 2.05) is 4.57 Å². The number of aromatic nitrogens is 5. The maximum absolute atomic E-state index is 12.3. The highest BCUT2D eigenvalue weighted by Crippen LogP contribution is 2.30. The molecule has 1 aromatic carbocycles. The van der Waals surface area contributed by atoms with Crippen LogP contribution in [0.1, 0.15) is 24.0 Å². The van der Waals surface area contributed by atoms with Crippen LogP contribution in [0.4, 0.5) is 0 Å². The lowest BCUT2D eigenvalue weighted by Gasteiger charge is -2.11. The van der Waals surface area contributed by atoms with E-state index in [1.54, 1.807) is 24.3 Å². The molecule has 2 aromatic heterocycles. The number of allylic oxidation sites excluding steroid dienone is 1. The lowest BCUT2D eigenvalue weighted by molar-refractivity contribution is 0.597. The second kappa shape index (κ2) is 7.92. The zero-order valence-corrected chi connectivity index (χ0v) is 17.7. The Morgan fingerprint density at radius 2 is 2.21 bits per heavy atom. The molecule has 1 saturated heterocycles. The summed E-state index contributed by atoms with van der Waals surface area (Å²) in [5, 5.41) is 10.1. The first-order valence-corrected chi connectivity index (χ1v) is 12.1. The number of sulfone groups is 1. The minimum Gasteiger partial charge on any atom is -0.309 e. The van der Waals surface area contributed by atoms with Crippen LogP contribution in [-0.2, 0) is 22.1 Å². The fourth-order valence-electron chi connectivity index (χ4n) is 3.37. The van der Waals surface area contributed by atoms with Gasteiger partial charge in [-0.05, 0) is 24.6 Å². The van der Waals surface area contributed by atoms with Gasteiger partial charge in [-0.1, -0.05) is 29.4 Å². The van der Waals surface area contributed by atoms with Gasteiger partial charge < -0.3 is 9.55 Å². The summed E-state index contributed by atoms with van der Waals surface area (Å²) >= 11 is 7.37. The molecule has 152 valence electrons. The third-order valence-corrected chi connectivity index (χ3v) is 7.69. The summed E-state index contributed by atoms with van der Waals surface area (Å²) in [7, 11) is -3.02. The molecular weight excluding hydrogens is 434 g/mol. The van der Waals surface area contributed by atoms with Crippen molar-refractivity contribution in [3.8, 4) is 0 Å². The van der Waals surface area contributed by atoms with Gasteiger partial charge in [-0.25, -0.2) is 13.4 Å². The molecule has 1 atom stereocenters. The molecule has 1 N–H and O–H groups in total. The van der Waals surface area contributed by atoms with Gasteiger partial charge in [0.2, 0.25) is 0 Å². The number of benzene rings is 1. The van der Waals surface area contributed by atoms with Gasteiger partial charge in [0.25, 0.3) is 5.56 Å². The Kier molecular flexibility index (Phi) is 5.50. The fraction of sp³-hybridized carbons (Fsp3) is 0.333. The average Bonchev–Trinajstić information content (AvgIpc) is 3.22. The van der Waals surface area contributed by atoms with Crippen molar-refractivity contribution in [3.63, 3.8) is 0 Å². The summed E-state index contributed by atoms with van der Waals surface area (Å²) in [6.45, 7) is 4.24. The van der Waals surface area contributed by atoms with Gasteiger partial charge in [0.1, 0.15) is 11.6 Å². The van der Waals surface area contributed by atoms with E-state index in [2.05, 4.69) is 26.7 Å². The van der Waals surface area contributed by atoms with Crippen LogP contribution in [0.2, 0.25) is 5.02 Å². The highest BCUT2D eigenvalue weighted by atomic mass is 35.5. The summed E-state index contributed by atoms with van der Waals surface area (Å²) in [5.41, 5.74) is 0.299. The molecule has 0 spiro atoms. The third-order valence-electron chi connectivity index (χ3n) is 4.71. The van der Waals surface area contributed by atoms with Gasteiger partial charge in [0, 0.05) is 17.5 Å². The summed E-state index contributed by atoms with van der Waals surface area (Å²) < 4.78 is 25.5. The molecule has 1 fully saturated rings. The summed E-state index contributed by atoms with van der Waals surface area (Å²) in [6.07, 6.45) is 2.26. The number of halogens is 1. The largest absolute Gasteiger partial charge is 0.309 e. The molecular formula is C18H18ClN5O3S2. The first kappa shape index (κ1) is 20.1. The van der Waals surface area contributed by atoms with E-state index >= 15 is 0 Å². The van der Waals surface area contributed by atoms with Gasteiger partial charge in [0.05, 0.1) is 28.2 Å². The van der Waals surface area contributed by atoms with Crippen molar-refractivity contribution in [2.75, 3.05) is 11.5 Å². The molecule has 0 aliphatic carbocycles. The smallest absolute Gasteiger partial charge is 0.258 e. The summed E-state index contributed by atoms with van der Waals surface area (Å²) in [4.78, 5) is 19.5. The van der Waals surface area contributed by atoms with Gasteiger partial charge in [-0.2, -0.15) is 0 Å². The first-order valence-electron chi connectivity index (χ1n) is 8.92. The van der Waals surface area contributed by atoms with Crippen LogP contribution in [-0.4, -0.2) is 44.7 Å². The van der Waals surface area contributed by atoms with Crippen molar-refractivity contribution in [1.29, 1.82) is 0 Å². The molecule has 0 saturated carbocycles. The number of thioether (sulfide) groups is 1. The standard InChI is InChI=1S/C18H18ClN5O3S2/c1-2-6-24-16(11-5-7-29(26,27)10-11)22-23-18(24)28-9-15-20-14-8-12(19)3-4-13(14)17(25)21-15/h2-4,8,11H,1,5-7,9-10H2,(H,20,21,25). The normalized spacial score (nSPS) is 18.3. The third kappa shape index (κ3) is 4.24. The van der Waals surface area contributed by atoms with E-state index in [0.29, 0.717) is 51.4 Å². The van der Waals surface area contributed by atoms with E-state index in [4.69, 9.17) is 11.6 Å². The van der Waals surface area contributed by atoms with Gasteiger partial charge >= 0.3 is 0 Å². The monoisotopic (exact) mass is 451 g/mol. The minimum absolute atomic E-state index is 0.0905. The van der Waals surface area contributed by atoms with Crippen LogP contribution in [0.5, 0.6) is 0 Å². The maximum atomic E-state index is 12.3. The van der Waals surface area contributed by atoms with Crippen molar-refractivity contribution in [2.24, 2.45) is 0 Å². The molecule has 3 aromatic rings. The van der Waals surface area contributed by atoms with Gasteiger partial charge in [-0.15, -0.1) is 16.8 Å². The molecule has 4 rings (SSSR count). The van der Waals surface area contributed by atoms with Gasteiger partial charge in [0.15, 0.2) is 15.0 Å². The molecule has 3 heterocycles. The lowest BCUT2D eigenvalue weighted by atomic mass is 10.1. The molecule has 1 aliphatic heterocycles. The number of hydrogen-bond acceptors (Lipinski definition) is 7. The highest BCUT2D eigenvalue weighted by molar-refractivity contribution is 7.98. The number of nitrogens with zero attached hydrogens (tertiary/aromatic N) is 4. The minimum atomic E-state index is -3.02. The topological polar surface area (TPSA) is 111 Å². The van der Waals surface area contributed by atoms with Crippen molar-refractivity contribution in [3.05, 3.63) is 57.9 Å². The quantitative estimate of drug-likeness (QED) is 0.452.